The molecule has 1 heterocycles. The minimum Gasteiger partial charge on any atom is -0.375 e. The van der Waals surface area contributed by atoms with Crippen LogP contribution in [0.15, 0.2) is 29.2 Å². The molecule has 1 aromatic carbocycles. The van der Waals surface area contributed by atoms with Crippen molar-refractivity contribution in [3.05, 3.63) is 29.8 Å². The lowest BCUT2D eigenvalue weighted by atomic mass is 10.2. The molecule has 0 aliphatic carbocycles. The van der Waals surface area contributed by atoms with Crippen molar-refractivity contribution in [1.82, 2.24) is 9.21 Å². The van der Waals surface area contributed by atoms with E-state index in [2.05, 4.69) is 0 Å². The minimum absolute atomic E-state index is 0.000736. The van der Waals surface area contributed by atoms with E-state index in [1.165, 1.54) is 42.6 Å². The zero-order chi connectivity index (χ0) is 17.0. The smallest absolute Gasteiger partial charge is 0.248 e. The van der Waals surface area contributed by atoms with Crippen molar-refractivity contribution in [2.24, 2.45) is 0 Å². The zero-order valence-electron chi connectivity index (χ0n) is 13.2. The first-order chi connectivity index (χ1) is 10.9. The second-order valence-electron chi connectivity index (χ2n) is 5.30. The summed E-state index contributed by atoms with van der Waals surface area (Å²) in [6.07, 6.45) is 0. The van der Waals surface area contributed by atoms with Gasteiger partial charge in [-0.05, 0) is 19.1 Å². The number of benzene rings is 1. The van der Waals surface area contributed by atoms with Crippen LogP contribution in [0.2, 0.25) is 0 Å². The first kappa shape index (κ1) is 17.6. The number of carbonyl (C=O) groups is 2. The van der Waals surface area contributed by atoms with Gasteiger partial charge in [-0.1, -0.05) is 12.1 Å². The van der Waals surface area contributed by atoms with E-state index in [4.69, 9.17) is 4.74 Å². The Bertz CT molecular complexity index is 676. The van der Waals surface area contributed by atoms with Crippen molar-refractivity contribution in [2.45, 2.75) is 11.8 Å². The fraction of sp³-hybridized carbons (Fsp3) is 0.467. The summed E-state index contributed by atoms with van der Waals surface area (Å²) in [4.78, 5) is 24.7. The second kappa shape index (κ2) is 7.20. The van der Waals surface area contributed by atoms with E-state index >= 15 is 0 Å². The lowest BCUT2D eigenvalue weighted by Crippen LogP contribution is -2.51. The highest BCUT2D eigenvalue weighted by atomic mass is 32.2. The van der Waals surface area contributed by atoms with Gasteiger partial charge in [-0.25, -0.2) is 8.42 Å². The standard InChI is InChI=1S/C15H20N2O5S/c1-12(18)13-3-5-14(6-4-13)23(20,21)17-9-7-16(8-10-17)15(19)11-22-2/h3-6H,7-11H2,1-2H3. The molecular weight excluding hydrogens is 320 g/mol. The van der Waals surface area contributed by atoms with Crippen LogP contribution in [0.4, 0.5) is 0 Å². The van der Waals surface area contributed by atoms with Crippen molar-refractivity contribution in [1.29, 1.82) is 0 Å². The fourth-order valence-corrected chi connectivity index (χ4v) is 3.83. The third-order valence-corrected chi connectivity index (χ3v) is 5.67. The predicted molar refractivity (Wildman–Crippen MR) is 83.7 cm³/mol. The molecule has 0 saturated carbocycles. The summed E-state index contributed by atoms with van der Waals surface area (Å²) in [5.74, 6) is -0.255. The molecule has 7 nitrogen and oxygen atoms in total. The number of nitrogens with zero attached hydrogens (tertiary/aromatic N) is 2. The number of amides is 1. The number of methoxy groups -OCH3 is 1. The van der Waals surface area contributed by atoms with Gasteiger partial charge in [0.1, 0.15) is 6.61 Å². The first-order valence-electron chi connectivity index (χ1n) is 7.24. The van der Waals surface area contributed by atoms with Crippen molar-refractivity contribution in [3.63, 3.8) is 0 Å². The highest BCUT2D eigenvalue weighted by Gasteiger charge is 2.29. The lowest BCUT2D eigenvalue weighted by molar-refractivity contribution is -0.136. The average molecular weight is 340 g/mol. The van der Waals surface area contributed by atoms with Gasteiger partial charge in [-0.3, -0.25) is 9.59 Å². The summed E-state index contributed by atoms with van der Waals surface area (Å²) in [6, 6.07) is 5.89. The van der Waals surface area contributed by atoms with E-state index in [1.807, 2.05) is 0 Å². The Balaban J connectivity index is 2.07. The van der Waals surface area contributed by atoms with Crippen LogP contribution in [0.1, 0.15) is 17.3 Å². The summed E-state index contributed by atoms with van der Waals surface area (Å²) in [5.41, 5.74) is 0.471. The molecule has 126 valence electrons. The van der Waals surface area contributed by atoms with Crippen LogP contribution < -0.4 is 0 Å². The summed E-state index contributed by atoms with van der Waals surface area (Å²) in [6.45, 7) is 2.59. The van der Waals surface area contributed by atoms with Gasteiger partial charge in [-0.15, -0.1) is 0 Å². The maximum absolute atomic E-state index is 12.6. The van der Waals surface area contributed by atoms with Crippen LogP contribution in [-0.2, 0) is 19.6 Å². The molecule has 1 aromatic rings. The molecule has 0 atom stereocenters. The number of hydrogen-bond acceptors (Lipinski definition) is 5. The number of ether oxygens (including phenoxy) is 1. The molecule has 2 rings (SSSR count). The fourth-order valence-electron chi connectivity index (χ4n) is 2.40. The summed E-state index contributed by atoms with van der Waals surface area (Å²) >= 11 is 0. The molecule has 0 bridgehead atoms. The SMILES string of the molecule is COCC(=O)N1CCN(S(=O)(=O)c2ccc(C(C)=O)cc2)CC1. The van der Waals surface area contributed by atoms with Crippen LogP contribution >= 0.6 is 0 Å². The second-order valence-corrected chi connectivity index (χ2v) is 7.24. The Hall–Kier alpha value is -1.77. The number of Topliss-reactive ketones (excluding diaryl/α,β-unsaturated/α-hetero) is 1. The molecule has 0 aromatic heterocycles. The number of ketones is 1. The zero-order valence-corrected chi connectivity index (χ0v) is 14.0. The molecule has 1 fully saturated rings. The molecule has 8 heteroatoms. The summed E-state index contributed by atoms with van der Waals surface area (Å²) < 4.78 is 31.3. The molecule has 1 saturated heterocycles. The molecule has 23 heavy (non-hydrogen) atoms. The van der Waals surface area contributed by atoms with E-state index in [0.29, 0.717) is 18.7 Å². The van der Waals surface area contributed by atoms with Gasteiger partial charge >= 0.3 is 0 Å². The Kier molecular flexibility index (Phi) is 5.51. The van der Waals surface area contributed by atoms with E-state index in [1.54, 1.807) is 4.90 Å². The van der Waals surface area contributed by atoms with Gasteiger partial charge in [-0.2, -0.15) is 4.31 Å². The maximum atomic E-state index is 12.6. The highest BCUT2D eigenvalue weighted by molar-refractivity contribution is 7.89. The van der Waals surface area contributed by atoms with Gasteiger partial charge in [0, 0.05) is 38.9 Å². The molecule has 1 aliphatic heterocycles. The quantitative estimate of drug-likeness (QED) is 0.723. The Morgan fingerprint density at radius 1 is 1.09 bits per heavy atom. The van der Waals surface area contributed by atoms with Crippen LogP contribution in [0.25, 0.3) is 0 Å². The van der Waals surface area contributed by atoms with E-state index < -0.39 is 10.0 Å². The first-order valence-corrected chi connectivity index (χ1v) is 8.68. The van der Waals surface area contributed by atoms with Crippen molar-refractivity contribution in [3.8, 4) is 0 Å². The highest BCUT2D eigenvalue weighted by Crippen LogP contribution is 2.18. The topological polar surface area (TPSA) is 84.0 Å². The molecular formula is C15H20N2O5S. The van der Waals surface area contributed by atoms with E-state index in [9.17, 15) is 18.0 Å². The Labute approximate surface area is 135 Å². The summed E-state index contributed by atoms with van der Waals surface area (Å²) in [7, 11) is -2.17. The van der Waals surface area contributed by atoms with Crippen LogP contribution in [-0.4, -0.2) is 69.2 Å². The molecule has 0 N–H and O–H groups in total. The monoisotopic (exact) mass is 340 g/mol. The van der Waals surface area contributed by atoms with Gasteiger partial charge in [0.2, 0.25) is 15.9 Å². The third kappa shape index (κ3) is 3.95. The number of carbonyl (C=O) groups excluding carboxylic acids is 2. The lowest BCUT2D eigenvalue weighted by Gasteiger charge is -2.33. The Morgan fingerprint density at radius 3 is 2.13 bits per heavy atom. The molecule has 0 unspecified atom stereocenters. The molecule has 0 spiro atoms. The largest absolute Gasteiger partial charge is 0.375 e. The third-order valence-electron chi connectivity index (χ3n) is 3.76. The minimum atomic E-state index is -3.61. The normalized spacial score (nSPS) is 16.3. The number of piperazine rings is 1. The summed E-state index contributed by atoms with van der Waals surface area (Å²) in [5, 5.41) is 0. The van der Waals surface area contributed by atoms with Gasteiger partial charge in [0.05, 0.1) is 4.90 Å². The number of sulfonamides is 1. The maximum Gasteiger partial charge on any atom is 0.248 e. The van der Waals surface area contributed by atoms with Crippen molar-refractivity contribution >= 4 is 21.7 Å². The van der Waals surface area contributed by atoms with Crippen LogP contribution in [0.5, 0.6) is 0 Å². The van der Waals surface area contributed by atoms with Crippen LogP contribution in [0, 0.1) is 0 Å². The van der Waals surface area contributed by atoms with Crippen LogP contribution in [0.3, 0.4) is 0 Å². The van der Waals surface area contributed by atoms with Gasteiger partial charge in [0.25, 0.3) is 0 Å². The van der Waals surface area contributed by atoms with Crippen molar-refractivity contribution < 1.29 is 22.7 Å². The number of hydrogen-bond donors (Lipinski definition) is 0. The van der Waals surface area contributed by atoms with Crippen molar-refractivity contribution in [2.75, 3.05) is 39.9 Å². The van der Waals surface area contributed by atoms with Gasteiger partial charge in [0.15, 0.2) is 5.78 Å². The van der Waals surface area contributed by atoms with Gasteiger partial charge < -0.3 is 9.64 Å². The average Bonchev–Trinajstić information content (AvgIpc) is 2.55. The Morgan fingerprint density at radius 2 is 1.65 bits per heavy atom. The number of rotatable bonds is 5. The molecule has 1 aliphatic rings. The van der Waals surface area contributed by atoms with E-state index in [-0.39, 0.29) is 36.3 Å². The molecule has 1 amide bonds. The molecule has 0 radical (unpaired) electrons. The predicted octanol–water partition coefficient (Wildman–Crippen LogP) is 0.368. The van der Waals surface area contributed by atoms with E-state index in [0.717, 1.165) is 0 Å².